The minimum atomic E-state index is -0.897. The van der Waals surface area contributed by atoms with E-state index in [-0.39, 0.29) is 0 Å². The summed E-state index contributed by atoms with van der Waals surface area (Å²) < 4.78 is 1.74. The first-order valence-electron chi connectivity index (χ1n) is 5.06. The Labute approximate surface area is 103 Å². The molecular weight excluding hydrogens is 236 g/mol. The summed E-state index contributed by atoms with van der Waals surface area (Å²) in [6.45, 7) is 1.91. The molecule has 1 aromatic heterocycles. The minimum Gasteiger partial charge on any atom is -0.478 e. The van der Waals surface area contributed by atoms with Crippen molar-refractivity contribution in [2.45, 2.75) is 16.7 Å². The van der Waals surface area contributed by atoms with Crippen molar-refractivity contribution < 1.29 is 9.90 Å². The molecule has 1 aromatic carbocycles. The molecule has 2 rings (SSSR count). The number of carboxylic acid groups (broad SMARTS) is 1. The van der Waals surface area contributed by atoms with E-state index in [1.165, 1.54) is 0 Å². The summed E-state index contributed by atoms with van der Waals surface area (Å²) in [5, 5.41) is 13.0. The van der Waals surface area contributed by atoms with Gasteiger partial charge in [0, 0.05) is 18.1 Å². The second-order valence-corrected chi connectivity index (χ2v) is 4.85. The van der Waals surface area contributed by atoms with Gasteiger partial charge in [0.1, 0.15) is 0 Å². The number of hydrogen-bond donors (Lipinski definition) is 1. The first kappa shape index (κ1) is 11.7. The van der Waals surface area contributed by atoms with Crippen molar-refractivity contribution >= 4 is 17.7 Å². The molecule has 0 spiro atoms. The van der Waals surface area contributed by atoms with Crippen LogP contribution in [-0.2, 0) is 7.05 Å². The van der Waals surface area contributed by atoms with E-state index >= 15 is 0 Å². The second-order valence-electron chi connectivity index (χ2n) is 3.74. The molecule has 88 valence electrons. The normalized spacial score (nSPS) is 10.5. The van der Waals surface area contributed by atoms with Crippen LogP contribution in [0.1, 0.15) is 15.9 Å². The third-order valence-corrected chi connectivity index (χ3v) is 3.46. The first-order chi connectivity index (χ1) is 8.06. The number of aryl methyl sites for hydroxylation is 2. The SMILES string of the molecule is Cc1cc(C(=O)O)ccc1Sc1cnn(C)c1. The molecule has 0 aliphatic carbocycles. The molecule has 0 fully saturated rings. The third kappa shape index (κ3) is 2.68. The largest absolute Gasteiger partial charge is 0.478 e. The molecule has 0 bridgehead atoms. The zero-order chi connectivity index (χ0) is 12.4. The van der Waals surface area contributed by atoms with Crippen molar-refractivity contribution in [1.82, 2.24) is 9.78 Å². The molecule has 0 saturated heterocycles. The number of nitrogens with zero attached hydrogens (tertiary/aromatic N) is 2. The summed E-state index contributed by atoms with van der Waals surface area (Å²) in [5.74, 6) is -0.897. The van der Waals surface area contributed by atoms with E-state index in [0.29, 0.717) is 5.56 Å². The maximum absolute atomic E-state index is 10.8. The molecule has 0 aliphatic heterocycles. The number of carboxylic acids is 1. The number of benzene rings is 1. The lowest BCUT2D eigenvalue weighted by Crippen LogP contribution is -1.96. The average molecular weight is 248 g/mol. The fraction of sp³-hybridized carbons (Fsp3) is 0.167. The van der Waals surface area contributed by atoms with Gasteiger partial charge in [0.15, 0.2) is 0 Å². The first-order valence-corrected chi connectivity index (χ1v) is 5.88. The summed E-state index contributed by atoms with van der Waals surface area (Å²) in [4.78, 5) is 12.9. The van der Waals surface area contributed by atoms with Gasteiger partial charge in [-0.15, -0.1) is 0 Å². The molecule has 0 atom stereocenters. The van der Waals surface area contributed by atoms with E-state index in [2.05, 4.69) is 5.10 Å². The van der Waals surface area contributed by atoms with Crippen LogP contribution in [0.2, 0.25) is 0 Å². The van der Waals surface area contributed by atoms with Crippen LogP contribution in [0.5, 0.6) is 0 Å². The summed E-state index contributed by atoms with van der Waals surface area (Å²) in [7, 11) is 1.87. The van der Waals surface area contributed by atoms with Crippen LogP contribution in [0.3, 0.4) is 0 Å². The second kappa shape index (κ2) is 4.63. The van der Waals surface area contributed by atoms with Crippen molar-refractivity contribution in [3.05, 3.63) is 41.7 Å². The van der Waals surface area contributed by atoms with Gasteiger partial charge in [-0.3, -0.25) is 4.68 Å². The Balaban J connectivity index is 2.25. The number of hydrogen-bond acceptors (Lipinski definition) is 3. The third-order valence-electron chi connectivity index (χ3n) is 2.33. The zero-order valence-electron chi connectivity index (χ0n) is 9.54. The summed E-state index contributed by atoms with van der Waals surface area (Å²) in [6, 6.07) is 5.13. The van der Waals surface area contributed by atoms with E-state index in [1.54, 1.807) is 34.8 Å². The van der Waals surface area contributed by atoms with Crippen LogP contribution in [-0.4, -0.2) is 20.9 Å². The molecule has 2 aromatic rings. The highest BCUT2D eigenvalue weighted by Crippen LogP contribution is 2.30. The molecule has 0 amide bonds. The van der Waals surface area contributed by atoms with Crippen LogP contribution < -0.4 is 0 Å². The van der Waals surface area contributed by atoms with Crippen molar-refractivity contribution in [3.63, 3.8) is 0 Å². The van der Waals surface area contributed by atoms with E-state index in [1.807, 2.05) is 26.2 Å². The fourth-order valence-corrected chi connectivity index (χ4v) is 2.39. The van der Waals surface area contributed by atoms with Gasteiger partial charge in [-0.05, 0) is 30.7 Å². The maximum atomic E-state index is 10.8. The Kier molecular flexibility index (Phi) is 3.19. The topological polar surface area (TPSA) is 55.1 Å². The highest BCUT2D eigenvalue weighted by Gasteiger charge is 2.07. The maximum Gasteiger partial charge on any atom is 0.335 e. The van der Waals surface area contributed by atoms with Gasteiger partial charge >= 0.3 is 5.97 Å². The van der Waals surface area contributed by atoms with Crippen LogP contribution in [0.25, 0.3) is 0 Å². The molecule has 1 N–H and O–H groups in total. The lowest BCUT2D eigenvalue weighted by Gasteiger charge is -2.04. The smallest absolute Gasteiger partial charge is 0.335 e. The van der Waals surface area contributed by atoms with Gasteiger partial charge in [0.05, 0.1) is 16.7 Å². The molecule has 0 unspecified atom stereocenters. The molecule has 0 aliphatic rings. The lowest BCUT2D eigenvalue weighted by atomic mass is 10.1. The number of carbonyl (C=O) groups is 1. The lowest BCUT2D eigenvalue weighted by molar-refractivity contribution is 0.0696. The Morgan fingerprint density at radius 3 is 2.76 bits per heavy atom. The van der Waals surface area contributed by atoms with Crippen molar-refractivity contribution in [1.29, 1.82) is 0 Å². The Morgan fingerprint density at radius 1 is 1.47 bits per heavy atom. The summed E-state index contributed by atoms with van der Waals surface area (Å²) in [5.41, 5.74) is 1.27. The average Bonchev–Trinajstić information content (AvgIpc) is 2.67. The van der Waals surface area contributed by atoms with Crippen LogP contribution in [0, 0.1) is 6.92 Å². The molecule has 4 nitrogen and oxygen atoms in total. The predicted octanol–water partition coefficient (Wildman–Crippen LogP) is 2.58. The number of aromatic nitrogens is 2. The van der Waals surface area contributed by atoms with Gasteiger partial charge in [0.2, 0.25) is 0 Å². The molecule has 5 heteroatoms. The van der Waals surface area contributed by atoms with Crippen LogP contribution in [0.15, 0.2) is 40.4 Å². The quantitative estimate of drug-likeness (QED) is 0.907. The van der Waals surface area contributed by atoms with Crippen LogP contribution >= 0.6 is 11.8 Å². The zero-order valence-corrected chi connectivity index (χ0v) is 10.4. The Morgan fingerprint density at radius 2 is 2.24 bits per heavy atom. The highest BCUT2D eigenvalue weighted by molar-refractivity contribution is 7.99. The standard InChI is InChI=1S/C12H12N2O2S/c1-8-5-9(12(15)16)3-4-11(8)17-10-6-13-14(2)7-10/h3-7H,1-2H3,(H,15,16). The van der Waals surface area contributed by atoms with Gasteiger partial charge < -0.3 is 5.11 Å². The molecular formula is C12H12N2O2S. The van der Waals surface area contributed by atoms with Crippen molar-refractivity contribution in [3.8, 4) is 0 Å². The number of rotatable bonds is 3. The Hall–Kier alpha value is -1.75. The van der Waals surface area contributed by atoms with Crippen molar-refractivity contribution in [2.75, 3.05) is 0 Å². The molecule has 17 heavy (non-hydrogen) atoms. The summed E-state index contributed by atoms with van der Waals surface area (Å²) >= 11 is 1.58. The minimum absolute atomic E-state index is 0.318. The van der Waals surface area contributed by atoms with Gasteiger partial charge in [0.25, 0.3) is 0 Å². The summed E-state index contributed by atoms with van der Waals surface area (Å²) in [6.07, 6.45) is 3.71. The van der Waals surface area contributed by atoms with E-state index in [0.717, 1.165) is 15.4 Å². The van der Waals surface area contributed by atoms with Gasteiger partial charge in [-0.2, -0.15) is 5.10 Å². The highest BCUT2D eigenvalue weighted by atomic mass is 32.2. The van der Waals surface area contributed by atoms with Crippen LogP contribution in [0.4, 0.5) is 0 Å². The Bertz CT molecular complexity index is 563. The monoisotopic (exact) mass is 248 g/mol. The van der Waals surface area contributed by atoms with E-state index < -0.39 is 5.97 Å². The molecule has 0 radical (unpaired) electrons. The predicted molar refractivity (Wildman–Crippen MR) is 65.5 cm³/mol. The van der Waals surface area contributed by atoms with Gasteiger partial charge in [-0.25, -0.2) is 4.79 Å². The fourth-order valence-electron chi connectivity index (χ4n) is 1.48. The number of aromatic carboxylic acids is 1. The van der Waals surface area contributed by atoms with E-state index in [4.69, 9.17) is 5.11 Å². The van der Waals surface area contributed by atoms with Gasteiger partial charge in [-0.1, -0.05) is 11.8 Å². The molecule has 1 heterocycles. The van der Waals surface area contributed by atoms with Crippen molar-refractivity contribution in [2.24, 2.45) is 7.05 Å². The molecule has 0 saturated carbocycles. The van der Waals surface area contributed by atoms with E-state index in [9.17, 15) is 4.79 Å².